The molecular weight excluding hydrogens is 363 g/mol. The third-order valence-electron chi connectivity index (χ3n) is 3.35. The van der Waals surface area contributed by atoms with Gasteiger partial charge in [-0.1, -0.05) is 28.9 Å². The number of esters is 1. The molecular formula is C18H14ClFN2O4. The van der Waals surface area contributed by atoms with Gasteiger partial charge in [0.1, 0.15) is 11.6 Å². The van der Waals surface area contributed by atoms with Gasteiger partial charge >= 0.3 is 5.97 Å². The van der Waals surface area contributed by atoms with Crippen LogP contribution in [-0.2, 0) is 16.1 Å². The van der Waals surface area contributed by atoms with Crippen molar-refractivity contribution in [3.05, 3.63) is 65.3 Å². The van der Waals surface area contributed by atoms with Crippen molar-refractivity contribution < 1.29 is 23.2 Å². The molecule has 6 nitrogen and oxygen atoms in total. The molecule has 3 rings (SSSR count). The summed E-state index contributed by atoms with van der Waals surface area (Å²) in [5.74, 6) is -0.162. The summed E-state index contributed by atoms with van der Waals surface area (Å²) in [5.41, 5.74) is 0.687. The number of aromatic nitrogens is 2. The molecule has 3 aromatic rings. The molecule has 0 aliphatic carbocycles. The zero-order chi connectivity index (χ0) is 18.5. The van der Waals surface area contributed by atoms with Crippen molar-refractivity contribution in [3.63, 3.8) is 0 Å². The second-order valence-electron chi connectivity index (χ2n) is 5.34. The Morgan fingerprint density at radius 3 is 2.77 bits per heavy atom. The Kier molecular flexibility index (Phi) is 5.48. The monoisotopic (exact) mass is 376 g/mol. The first-order chi connectivity index (χ1) is 12.5. The minimum absolute atomic E-state index is 0.141. The van der Waals surface area contributed by atoms with Gasteiger partial charge in [0.2, 0.25) is 5.82 Å². The smallest absolute Gasteiger partial charge is 0.347 e. The summed E-state index contributed by atoms with van der Waals surface area (Å²) in [5, 5.41) is 4.37. The number of carbonyl (C=O) groups is 1. The number of carbonyl (C=O) groups excluding carboxylic acids is 1. The van der Waals surface area contributed by atoms with E-state index in [9.17, 15) is 9.18 Å². The molecule has 0 unspecified atom stereocenters. The maximum atomic E-state index is 12.9. The topological polar surface area (TPSA) is 74.5 Å². The third-order valence-corrected chi connectivity index (χ3v) is 3.58. The molecule has 0 aliphatic rings. The van der Waals surface area contributed by atoms with Crippen LogP contribution in [0.2, 0.25) is 5.02 Å². The lowest BCUT2D eigenvalue weighted by Gasteiger charge is -2.13. The molecule has 134 valence electrons. The lowest BCUT2D eigenvalue weighted by Crippen LogP contribution is -2.26. The number of rotatable bonds is 6. The SMILES string of the molecule is C[C@H](Oc1ccc(F)cc1)C(=O)OCc1nc(-c2cccc(Cl)c2)no1. The molecule has 0 radical (unpaired) electrons. The summed E-state index contributed by atoms with van der Waals surface area (Å²) in [6, 6.07) is 12.3. The number of hydrogen-bond acceptors (Lipinski definition) is 6. The Hall–Kier alpha value is -2.93. The summed E-state index contributed by atoms with van der Waals surface area (Å²) in [7, 11) is 0. The largest absolute Gasteiger partial charge is 0.479 e. The Bertz CT molecular complexity index is 898. The van der Waals surface area contributed by atoms with Gasteiger partial charge in [-0.15, -0.1) is 0 Å². The molecule has 0 saturated heterocycles. The summed E-state index contributed by atoms with van der Waals surface area (Å²) < 4.78 is 28.4. The Balaban J connectivity index is 1.55. The zero-order valence-electron chi connectivity index (χ0n) is 13.7. The minimum atomic E-state index is -0.879. The number of ether oxygens (including phenoxy) is 2. The van der Waals surface area contributed by atoms with Gasteiger partial charge in [-0.2, -0.15) is 4.98 Å². The van der Waals surface area contributed by atoms with E-state index in [4.69, 9.17) is 25.6 Å². The summed E-state index contributed by atoms with van der Waals surface area (Å²) >= 11 is 5.92. The van der Waals surface area contributed by atoms with Crippen LogP contribution in [0.5, 0.6) is 5.75 Å². The van der Waals surface area contributed by atoms with Crippen LogP contribution in [0.1, 0.15) is 12.8 Å². The van der Waals surface area contributed by atoms with Crippen molar-refractivity contribution in [2.75, 3.05) is 0 Å². The molecule has 1 heterocycles. The average Bonchev–Trinajstić information content (AvgIpc) is 3.10. The van der Waals surface area contributed by atoms with Crippen molar-refractivity contribution in [2.24, 2.45) is 0 Å². The molecule has 0 bridgehead atoms. The van der Waals surface area contributed by atoms with E-state index in [1.165, 1.54) is 31.2 Å². The lowest BCUT2D eigenvalue weighted by atomic mass is 10.2. The molecule has 0 amide bonds. The summed E-state index contributed by atoms with van der Waals surface area (Å²) in [6.45, 7) is 1.33. The van der Waals surface area contributed by atoms with E-state index in [-0.39, 0.29) is 18.3 Å². The van der Waals surface area contributed by atoms with Crippen molar-refractivity contribution in [1.29, 1.82) is 0 Å². The average molecular weight is 377 g/mol. The Morgan fingerprint density at radius 1 is 1.27 bits per heavy atom. The highest BCUT2D eigenvalue weighted by Gasteiger charge is 2.18. The van der Waals surface area contributed by atoms with Crippen molar-refractivity contribution in [1.82, 2.24) is 10.1 Å². The molecule has 0 saturated carbocycles. The van der Waals surface area contributed by atoms with Gasteiger partial charge in [0, 0.05) is 10.6 Å². The second-order valence-corrected chi connectivity index (χ2v) is 5.78. The second kappa shape index (κ2) is 7.97. The highest BCUT2D eigenvalue weighted by molar-refractivity contribution is 6.30. The molecule has 1 aromatic heterocycles. The zero-order valence-corrected chi connectivity index (χ0v) is 14.4. The summed E-state index contributed by atoms with van der Waals surface area (Å²) in [6.07, 6.45) is -0.879. The molecule has 0 fully saturated rings. The van der Waals surface area contributed by atoms with E-state index < -0.39 is 12.1 Å². The fourth-order valence-corrected chi connectivity index (χ4v) is 2.26. The van der Waals surface area contributed by atoms with Gasteiger partial charge in [-0.25, -0.2) is 9.18 Å². The first kappa shape index (κ1) is 17.9. The van der Waals surface area contributed by atoms with Crippen LogP contribution in [0.3, 0.4) is 0 Å². The van der Waals surface area contributed by atoms with Crippen LogP contribution in [0.15, 0.2) is 53.1 Å². The highest BCUT2D eigenvalue weighted by atomic mass is 35.5. The fraction of sp³-hybridized carbons (Fsp3) is 0.167. The van der Waals surface area contributed by atoms with E-state index in [0.29, 0.717) is 22.2 Å². The third kappa shape index (κ3) is 4.58. The van der Waals surface area contributed by atoms with E-state index in [1.54, 1.807) is 24.3 Å². The minimum Gasteiger partial charge on any atom is -0.479 e. The number of nitrogens with zero attached hydrogens (tertiary/aromatic N) is 2. The van der Waals surface area contributed by atoms with Crippen LogP contribution in [0.25, 0.3) is 11.4 Å². The van der Waals surface area contributed by atoms with Crippen LogP contribution in [-0.4, -0.2) is 22.2 Å². The standard InChI is InChI=1S/C18H14ClFN2O4/c1-11(25-15-7-5-14(20)6-8-15)18(23)24-10-16-21-17(22-26-16)12-3-2-4-13(19)9-12/h2-9,11H,10H2,1H3/t11-/m0/s1. The number of benzene rings is 2. The molecule has 0 aliphatic heterocycles. The first-order valence-electron chi connectivity index (χ1n) is 7.68. The maximum absolute atomic E-state index is 12.9. The van der Waals surface area contributed by atoms with E-state index in [1.807, 2.05) is 0 Å². The predicted octanol–water partition coefficient (Wildman–Crippen LogP) is 4.04. The summed E-state index contributed by atoms with van der Waals surface area (Å²) in [4.78, 5) is 16.1. The lowest BCUT2D eigenvalue weighted by molar-refractivity contribution is -0.153. The maximum Gasteiger partial charge on any atom is 0.347 e. The Labute approximate surface area is 153 Å². The van der Waals surface area contributed by atoms with Crippen LogP contribution in [0, 0.1) is 5.82 Å². The normalized spacial score (nSPS) is 11.8. The van der Waals surface area contributed by atoms with Gasteiger partial charge < -0.3 is 14.0 Å². The first-order valence-corrected chi connectivity index (χ1v) is 8.06. The molecule has 8 heteroatoms. The molecule has 26 heavy (non-hydrogen) atoms. The van der Waals surface area contributed by atoms with Crippen molar-refractivity contribution in [3.8, 4) is 17.1 Å². The molecule has 0 N–H and O–H groups in total. The number of hydrogen-bond donors (Lipinski definition) is 0. The van der Waals surface area contributed by atoms with Crippen LogP contribution < -0.4 is 4.74 Å². The molecule has 2 aromatic carbocycles. The van der Waals surface area contributed by atoms with Gasteiger partial charge in [0.05, 0.1) is 0 Å². The van der Waals surface area contributed by atoms with Gasteiger partial charge in [0.25, 0.3) is 5.89 Å². The van der Waals surface area contributed by atoms with E-state index in [0.717, 1.165) is 0 Å². The molecule has 0 spiro atoms. The van der Waals surface area contributed by atoms with Gasteiger partial charge in [-0.3, -0.25) is 0 Å². The number of halogens is 2. The van der Waals surface area contributed by atoms with Crippen LogP contribution in [0.4, 0.5) is 4.39 Å². The van der Waals surface area contributed by atoms with Gasteiger partial charge in [0.15, 0.2) is 12.7 Å². The highest BCUT2D eigenvalue weighted by Crippen LogP contribution is 2.20. The Morgan fingerprint density at radius 2 is 2.04 bits per heavy atom. The van der Waals surface area contributed by atoms with Crippen LogP contribution >= 0.6 is 11.6 Å². The van der Waals surface area contributed by atoms with E-state index >= 15 is 0 Å². The fourth-order valence-electron chi connectivity index (χ4n) is 2.07. The van der Waals surface area contributed by atoms with Crippen molar-refractivity contribution in [2.45, 2.75) is 19.6 Å². The van der Waals surface area contributed by atoms with Crippen molar-refractivity contribution >= 4 is 17.6 Å². The quantitative estimate of drug-likeness (QED) is 0.604. The van der Waals surface area contributed by atoms with Gasteiger partial charge in [-0.05, 0) is 43.3 Å². The molecule has 1 atom stereocenters. The predicted molar refractivity (Wildman–Crippen MR) is 91.0 cm³/mol. The van der Waals surface area contributed by atoms with E-state index in [2.05, 4.69) is 10.1 Å².